The minimum atomic E-state index is -4.13. The molecule has 0 spiro atoms. The van der Waals surface area contributed by atoms with Gasteiger partial charge in [-0.1, -0.05) is 6.07 Å². The van der Waals surface area contributed by atoms with Crippen LogP contribution in [0.3, 0.4) is 0 Å². The Labute approximate surface area is 200 Å². The summed E-state index contributed by atoms with van der Waals surface area (Å²) in [6.45, 7) is 7.24. The molecule has 1 unspecified atom stereocenters. The third-order valence-electron chi connectivity index (χ3n) is 6.71. The third kappa shape index (κ3) is 4.44. The van der Waals surface area contributed by atoms with Gasteiger partial charge in [0.15, 0.2) is 5.78 Å². The standard InChI is InChI=1S/C25H29N3O5S/c1-17-4-9-22(16-18(17)2)34(32,33)28-23(10-11-24(28)30)25(31)27-14-12-26(13-15-27)21-7-5-20(6-8-21)19(3)29/h4-9,16,23H,10-15H2,1-3H3. The molecule has 2 fully saturated rings. The van der Waals surface area contributed by atoms with Crippen molar-refractivity contribution in [3.05, 3.63) is 59.2 Å². The van der Waals surface area contributed by atoms with E-state index in [-0.39, 0.29) is 29.4 Å². The van der Waals surface area contributed by atoms with E-state index in [1.807, 2.05) is 26.0 Å². The first-order valence-electron chi connectivity index (χ1n) is 11.4. The van der Waals surface area contributed by atoms with E-state index < -0.39 is 22.0 Å². The van der Waals surface area contributed by atoms with E-state index in [1.165, 1.54) is 13.0 Å². The summed E-state index contributed by atoms with van der Waals surface area (Å²) in [4.78, 5) is 41.2. The van der Waals surface area contributed by atoms with Gasteiger partial charge in [0.25, 0.3) is 10.0 Å². The second kappa shape index (κ2) is 9.21. The summed E-state index contributed by atoms with van der Waals surface area (Å²) in [5.74, 6) is -0.862. The Balaban J connectivity index is 1.47. The molecule has 9 heteroatoms. The second-order valence-corrected chi connectivity index (χ2v) is 10.7. The van der Waals surface area contributed by atoms with Gasteiger partial charge in [-0.05, 0) is 74.7 Å². The van der Waals surface area contributed by atoms with Crippen LogP contribution in [-0.2, 0) is 19.6 Å². The van der Waals surface area contributed by atoms with Crippen LogP contribution in [0.25, 0.3) is 0 Å². The lowest BCUT2D eigenvalue weighted by Gasteiger charge is -2.38. The molecule has 2 saturated heterocycles. The summed E-state index contributed by atoms with van der Waals surface area (Å²) in [5, 5.41) is 0. The Morgan fingerprint density at radius 3 is 2.15 bits per heavy atom. The third-order valence-corrected chi connectivity index (χ3v) is 8.54. The quantitative estimate of drug-likeness (QED) is 0.607. The van der Waals surface area contributed by atoms with Crippen LogP contribution in [0.1, 0.15) is 41.3 Å². The minimum Gasteiger partial charge on any atom is -0.368 e. The largest absolute Gasteiger partial charge is 0.368 e. The fraction of sp³-hybridized carbons (Fsp3) is 0.400. The molecular formula is C25H29N3O5S. The van der Waals surface area contributed by atoms with Crippen LogP contribution in [0.15, 0.2) is 47.4 Å². The predicted octanol–water partition coefficient (Wildman–Crippen LogP) is 2.53. The number of anilines is 1. The molecular weight excluding hydrogens is 454 g/mol. The number of Topliss-reactive ketones (excluding diaryl/α,β-unsaturated/α-hetero) is 1. The summed E-state index contributed by atoms with van der Waals surface area (Å²) in [6.07, 6.45) is 0.220. The monoisotopic (exact) mass is 483 g/mol. The van der Waals surface area contributed by atoms with E-state index in [1.54, 1.807) is 29.2 Å². The molecule has 34 heavy (non-hydrogen) atoms. The number of hydrogen-bond donors (Lipinski definition) is 0. The number of aryl methyl sites for hydroxylation is 2. The van der Waals surface area contributed by atoms with Gasteiger partial charge in [-0.25, -0.2) is 12.7 Å². The first-order chi connectivity index (χ1) is 16.1. The highest BCUT2D eigenvalue weighted by Crippen LogP contribution is 2.30. The van der Waals surface area contributed by atoms with Gasteiger partial charge in [0.05, 0.1) is 4.90 Å². The van der Waals surface area contributed by atoms with Crippen molar-refractivity contribution in [3.8, 4) is 0 Å². The lowest BCUT2D eigenvalue weighted by molar-refractivity contribution is -0.138. The van der Waals surface area contributed by atoms with E-state index in [4.69, 9.17) is 0 Å². The summed E-state index contributed by atoms with van der Waals surface area (Å²) in [7, 11) is -4.13. The zero-order valence-electron chi connectivity index (χ0n) is 19.7. The molecule has 1 atom stereocenters. The van der Waals surface area contributed by atoms with Crippen molar-refractivity contribution in [2.45, 2.75) is 44.6 Å². The van der Waals surface area contributed by atoms with Gasteiger partial charge in [0.1, 0.15) is 6.04 Å². The number of hydrogen-bond acceptors (Lipinski definition) is 6. The van der Waals surface area contributed by atoms with E-state index in [0.717, 1.165) is 21.1 Å². The number of rotatable bonds is 5. The Morgan fingerprint density at radius 1 is 0.912 bits per heavy atom. The van der Waals surface area contributed by atoms with Gasteiger partial charge < -0.3 is 9.80 Å². The first kappa shape index (κ1) is 23.9. The highest BCUT2D eigenvalue weighted by Gasteiger charge is 2.46. The number of piperazine rings is 1. The Hall–Kier alpha value is -3.20. The number of carbonyl (C=O) groups excluding carboxylic acids is 3. The van der Waals surface area contributed by atoms with Crippen LogP contribution in [0.4, 0.5) is 5.69 Å². The predicted molar refractivity (Wildman–Crippen MR) is 128 cm³/mol. The lowest BCUT2D eigenvalue weighted by Crippen LogP contribution is -2.55. The molecule has 180 valence electrons. The van der Waals surface area contributed by atoms with Crippen molar-refractivity contribution in [2.75, 3.05) is 31.1 Å². The van der Waals surface area contributed by atoms with Gasteiger partial charge in [0, 0.05) is 43.9 Å². The van der Waals surface area contributed by atoms with Crippen molar-refractivity contribution in [1.82, 2.24) is 9.21 Å². The highest BCUT2D eigenvalue weighted by atomic mass is 32.2. The van der Waals surface area contributed by atoms with E-state index in [9.17, 15) is 22.8 Å². The van der Waals surface area contributed by atoms with Crippen LogP contribution in [0.5, 0.6) is 0 Å². The van der Waals surface area contributed by atoms with E-state index >= 15 is 0 Å². The van der Waals surface area contributed by atoms with Crippen molar-refractivity contribution in [2.24, 2.45) is 0 Å². The van der Waals surface area contributed by atoms with Gasteiger partial charge in [-0.2, -0.15) is 0 Å². The normalized spacial score (nSPS) is 19.0. The zero-order chi connectivity index (χ0) is 24.6. The topological polar surface area (TPSA) is 95.1 Å². The van der Waals surface area contributed by atoms with Crippen LogP contribution in [0.2, 0.25) is 0 Å². The number of carbonyl (C=O) groups is 3. The molecule has 0 N–H and O–H groups in total. The van der Waals surface area contributed by atoms with Gasteiger partial charge >= 0.3 is 0 Å². The van der Waals surface area contributed by atoms with E-state index in [2.05, 4.69) is 4.90 Å². The Morgan fingerprint density at radius 2 is 1.56 bits per heavy atom. The van der Waals surface area contributed by atoms with Crippen LogP contribution >= 0.6 is 0 Å². The first-order valence-corrected chi connectivity index (χ1v) is 12.8. The number of benzene rings is 2. The molecule has 0 saturated carbocycles. The average Bonchev–Trinajstić information content (AvgIpc) is 3.22. The van der Waals surface area contributed by atoms with Gasteiger partial charge in [-0.3, -0.25) is 14.4 Å². The maximum Gasteiger partial charge on any atom is 0.267 e. The highest BCUT2D eigenvalue weighted by molar-refractivity contribution is 7.89. The van der Waals surface area contributed by atoms with Crippen LogP contribution < -0.4 is 4.90 Å². The minimum absolute atomic E-state index is 0.00776. The fourth-order valence-corrected chi connectivity index (χ4v) is 6.16. The summed E-state index contributed by atoms with van der Waals surface area (Å²) >= 11 is 0. The van der Waals surface area contributed by atoms with Crippen molar-refractivity contribution in [1.29, 1.82) is 0 Å². The maximum atomic E-state index is 13.3. The molecule has 0 bridgehead atoms. The number of nitrogens with zero attached hydrogens (tertiary/aromatic N) is 3. The smallest absolute Gasteiger partial charge is 0.267 e. The molecule has 2 aliphatic heterocycles. The van der Waals surface area contributed by atoms with Crippen molar-refractivity contribution < 1.29 is 22.8 Å². The van der Waals surface area contributed by atoms with E-state index in [0.29, 0.717) is 31.7 Å². The summed E-state index contributed by atoms with van der Waals surface area (Å²) in [6, 6.07) is 11.1. The molecule has 0 aliphatic carbocycles. The van der Waals surface area contributed by atoms with Crippen LogP contribution in [-0.4, -0.2) is 67.4 Å². The van der Waals surface area contributed by atoms with Crippen LogP contribution in [0, 0.1) is 13.8 Å². The Bertz CT molecular complexity index is 1230. The SMILES string of the molecule is CC(=O)c1ccc(N2CCN(C(=O)C3CCC(=O)N3S(=O)(=O)c3ccc(C)c(C)c3)CC2)cc1. The van der Waals surface area contributed by atoms with Gasteiger partial charge in [0.2, 0.25) is 11.8 Å². The molecule has 2 amide bonds. The number of sulfonamides is 1. The molecule has 2 aliphatic rings. The summed E-state index contributed by atoms with van der Waals surface area (Å²) in [5.41, 5.74) is 3.37. The molecule has 2 aromatic carbocycles. The maximum absolute atomic E-state index is 13.3. The fourth-order valence-electron chi connectivity index (χ4n) is 4.48. The van der Waals surface area contributed by atoms with Crippen molar-refractivity contribution >= 4 is 33.3 Å². The molecule has 8 nitrogen and oxygen atoms in total. The van der Waals surface area contributed by atoms with Crippen molar-refractivity contribution in [3.63, 3.8) is 0 Å². The summed E-state index contributed by atoms with van der Waals surface area (Å²) < 4.78 is 27.4. The molecule has 2 heterocycles. The molecule has 0 aromatic heterocycles. The molecule has 4 rings (SSSR count). The lowest BCUT2D eigenvalue weighted by atomic mass is 10.1. The number of ketones is 1. The molecule has 0 radical (unpaired) electrons. The van der Waals surface area contributed by atoms with Gasteiger partial charge in [-0.15, -0.1) is 0 Å². The molecule has 2 aromatic rings. The second-order valence-electron chi connectivity index (χ2n) is 8.91. The number of amides is 2. The zero-order valence-corrected chi connectivity index (χ0v) is 20.5. The Kier molecular flexibility index (Phi) is 6.49. The average molecular weight is 484 g/mol.